The molecule has 7 heteroatoms. The number of rotatable bonds is 5. The van der Waals surface area contributed by atoms with Gasteiger partial charge in [0, 0.05) is 19.8 Å². The van der Waals surface area contributed by atoms with Crippen LogP contribution in [0.15, 0.2) is 30.3 Å². The van der Waals surface area contributed by atoms with Gasteiger partial charge in [-0.2, -0.15) is 0 Å². The summed E-state index contributed by atoms with van der Waals surface area (Å²) in [5, 5.41) is 22.2. The number of aliphatic hydroxyl groups is 2. The summed E-state index contributed by atoms with van der Waals surface area (Å²) in [4.78, 5) is 12.3. The third-order valence-corrected chi connectivity index (χ3v) is 3.69. The van der Waals surface area contributed by atoms with Gasteiger partial charge in [-0.3, -0.25) is 4.79 Å². The molecule has 1 heterocycles. The van der Waals surface area contributed by atoms with Gasteiger partial charge in [0.15, 0.2) is 6.29 Å². The minimum atomic E-state index is -1.08. The first-order valence-electron chi connectivity index (χ1n) is 6.98. The van der Waals surface area contributed by atoms with Crippen LogP contribution in [0.3, 0.4) is 0 Å². The maximum atomic E-state index is 12.3. The molecule has 5 atom stereocenters. The largest absolute Gasteiger partial charge is 0.394 e. The van der Waals surface area contributed by atoms with Crippen LogP contribution >= 0.6 is 0 Å². The summed E-state index contributed by atoms with van der Waals surface area (Å²) in [6.07, 6.45) is -3.51. The van der Waals surface area contributed by atoms with Crippen molar-refractivity contribution < 1.29 is 29.2 Å². The molecule has 0 aromatic heterocycles. The van der Waals surface area contributed by atoms with E-state index in [9.17, 15) is 15.0 Å². The van der Waals surface area contributed by atoms with Crippen LogP contribution < -0.4 is 5.32 Å². The predicted octanol–water partition coefficient (Wildman–Crippen LogP) is -0.475. The van der Waals surface area contributed by atoms with E-state index in [1.165, 1.54) is 14.2 Å². The van der Waals surface area contributed by atoms with Crippen molar-refractivity contribution in [2.75, 3.05) is 20.8 Å². The average Bonchev–Trinajstić information content (AvgIpc) is 2.56. The Kier molecular flexibility index (Phi) is 5.87. The molecule has 122 valence electrons. The van der Waals surface area contributed by atoms with Crippen LogP contribution in [0.25, 0.3) is 0 Å². The standard InChI is InChI=1S/C15H21NO6/c1-20-13-11(15(21-2)22-10(8-17)12(13)18)16-14(19)9-6-4-3-5-7-9/h3-7,10-13,15,17-18H,8H2,1-2H3,(H,16,19)/t10-,11-,12+,13-,15-/m1/s1. The Morgan fingerprint density at radius 2 is 1.95 bits per heavy atom. The first kappa shape index (κ1) is 16.9. The van der Waals surface area contributed by atoms with Crippen LogP contribution in [-0.2, 0) is 14.2 Å². The molecule has 2 rings (SSSR count). The molecule has 7 nitrogen and oxygen atoms in total. The fraction of sp³-hybridized carbons (Fsp3) is 0.533. The highest BCUT2D eigenvalue weighted by Crippen LogP contribution is 2.24. The Bertz CT molecular complexity index is 482. The highest BCUT2D eigenvalue weighted by Gasteiger charge is 2.46. The molecule has 3 N–H and O–H groups in total. The van der Waals surface area contributed by atoms with Crippen molar-refractivity contribution in [2.24, 2.45) is 0 Å². The first-order chi connectivity index (χ1) is 10.6. The van der Waals surface area contributed by atoms with E-state index in [4.69, 9.17) is 14.2 Å². The fourth-order valence-electron chi connectivity index (χ4n) is 2.53. The number of aliphatic hydroxyl groups excluding tert-OH is 2. The van der Waals surface area contributed by atoms with E-state index in [-0.39, 0.29) is 12.5 Å². The van der Waals surface area contributed by atoms with Crippen LogP contribution in [0.1, 0.15) is 10.4 Å². The van der Waals surface area contributed by atoms with Crippen molar-refractivity contribution in [3.63, 3.8) is 0 Å². The SMILES string of the molecule is CO[C@@H]1O[C@H](CO)[C@H](O)[C@H](OC)[C@H]1NC(=O)c1ccccc1. The van der Waals surface area contributed by atoms with Gasteiger partial charge in [0.1, 0.15) is 24.4 Å². The number of ether oxygens (including phenoxy) is 3. The summed E-state index contributed by atoms with van der Waals surface area (Å²) in [6, 6.07) is 7.97. The van der Waals surface area contributed by atoms with E-state index in [0.29, 0.717) is 5.56 Å². The number of carbonyl (C=O) groups is 1. The van der Waals surface area contributed by atoms with Crippen LogP contribution in [0, 0.1) is 0 Å². The topological polar surface area (TPSA) is 97.2 Å². The van der Waals surface area contributed by atoms with Crippen LogP contribution in [0.4, 0.5) is 0 Å². The van der Waals surface area contributed by atoms with Gasteiger partial charge >= 0.3 is 0 Å². The fourth-order valence-corrected chi connectivity index (χ4v) is 2.53. The number of methoxy groups -OCH3 is 2. The first-order valence-corrected chi connectivity index (χ1v) is 6.98. The third-order valence-electron chi connectivity index (χ3n) is 3.69. The maximum absolute atomic E-state index is 12.3. The molecule has 0 saturated carbocycles. The lowest BCUT2D eigenvalue weighted by Gasteiger charge is -2.43. The van der Waals surface area contributed by atoms with E-state index >= 15 is 0 Å². The highest BCUT2D eigenvalue weighted by molar-refractivity contribution is 5.94. The summed E-state index contributed by atoms with van der Waals surface area (Å²) in [5.74, 6) is -0.326. The second kappa shape index (κ2) is 7.66. The van der Waals surface area contributed by atoms with Crippen molar-refractivity contribution in [3.8, 4) is 0 Å². The second-order valence-electron chi connectivity index (χ2n) is 5.02. The average molecular weight is 311 g/mol. The minimum Gasteiger partial charge on any atom is -0.394 e. The number of benzene rings is 1. The highest BCUT2D eigenvalue weighted by atomic mass is 16.7. The van der Waals surface area contributed by atoms with E-state index < -0.39 is 30.6 Å². The molecule has 0 bridgehead atoms. The molecule has 1 amide bonds. The van der Waals surface area contributed by atoms with Gasteiger partial charge in [0.05, 0.1) is 6.61 Å². The lowest BCUT2D eigenvalue weighted by atomic mass is 9.96. The third kappa shape index (κ3) is 3.45. The lowest BCUT2D eigenvalue weighted by Crippen LogP contribution is -2.65. The maximum Gasteiger partial charge on any atom is 0.251 e. The smallest absolute Gasteiger partial charge is 0.251 e. The van der Waals surface area contributed by atoms with E-state index in [0.717, 1.165) is 0 Å². The molecule has 0 spiro atoms. The lowest BCUT2D eigenvalue weighted by molar-refractivity contribution is -0.265. The number of amides is 1. The monoisotopic (exact) mass is 311 g/mol. The van der Waals surface area contributed by atoms with Crippen molar-refractivity contribution in [1.29, 1.82) is 0 Å². The van der Waals surface area contributed by atoms with Gasteiger partial charge in [-0.05, 0) is 12.1 Å². The molecule has 1 aliphatic rings. The minimum absolute atomic E-state index is 0.326. The number of carbonyl (C=O) groups excluding carboxylic acids is 1. The van der Waals surface area contributed by atoms with Gasteiger partial charge in [-0.25, -0.2) is 0 Å². The molecule has 1 aromatic rings. The van der Waals surface area contributed by atoms with E-state index in [1.807, 2.05) is 6.07 Å². The Morgan fingerprint density at radius 1 is 1.27 bits per heavy atom. The molecule has 1 fully saturated rings. The quantitative estimate of drug-likeness (QED) is 0.680. The predicted molar refractivity (Wildman–Crippen MR) is 77.3 cm³/mol. The van der Waals surface area contributed by atoms with Crippen LogP contribution in [-0.4, -0.2) is 67.6 Å². The molecule has 0 unspecified atom stereocenters. The second-order valence-corrected chi connectivity index (χ2v) is 5.02. The molecule has 0 aliphatic carbocycles. The van der Waals surface area contributed by atoms with Gasteiger partial charge < -0.3 is 29.7 Å². The summed E-state index contributed by atoms with van der Waals surface area (Å²) < 4.78 is 16.0. The van der Waals surface area contributed by atoms with Gasteiger partial charge in [0.25, 0.3) is 5.91 Å². The summed E-state index contributed by atoms with van der Waals surface area (Å²) in [6.45, 7) is -0.375. The Morgan fingerprint density at radius 3 is 2.50 bits per heavy atom. The molecule has 22 heavy (non-hydrogen) atoms. The number of hydrogen-bond acceptors (Lipinski definition) is 6. The van der Waals surface area contributed by atoms with Crippen LogP contribution in [0.2, 0.25) is 0 Å². The molecular formula is C15H21NO6. The number of nitrogens with one attached hydrogen (secondary N) is 1. The van der Waals surface area contributed by atoms with E-state index in [2.05, 4.69) is 5.32 Å². The Balaban J connectivity index is 2.17. The Labute approximate surface area is 128 Å². The van der Waals surface area contributed by atoms with Gasteiger partial charge in [-0.1, -0.05) is 18.2 Å². The van der Waals surface area contributed by atoms with Crippen molar-refractivity contribution >= 4 is 5.91 Å². The molecular weight excluding hydrogens is 290 g/mol. The van der Waals surface area contributed by atoms with Crippen LogP contribution in [0.5, 0.6) is 0 Å². The molecule has 1 aliphatic heterocycles. The van der Waals surface area contributed by atoms with Gasteiger partial charge in [0.2, 0.25) is 0 Å². The molecule has 1 saturated heterocycles. The molecule has 0 radical (unpaired) electrons. The summed E-state index contributed by atoms with van der Waals surface area (Å²) >= 11 is 0. The van der Waals surface area contributed by atoms with Crippen molar-refractivity contribution in [1.82, 2.24) is 5.32 Å². The normalized spacial score (nSPS) is 31.7. The zero-order valence-electron chi connectivity index (χ0n) is 12.5. The summed E-state index contributed by atoms with van der Waals surface area (Å²) in [5.41, 5.74) is 0.478. The Hall–Kier alpha value is -1.51. The van der Waals surface area contributed by atoms with Gasteiger partial charge in [-0.15, -0.1) is 0 Å². The zero-order valence-corrected chi connectivity index (χ0v) is 12.5. The van der Waals surface area contributed by atoms with E-state index in [1.54, 1.807) is 24.3 Å². The van der Waals surface area contributed by atoms with Crippen molar-refractivity contribution in [3.05, 3.63) is 35.9 Å². The number of hydrogen-bond donors (Lipinski definition) is 3. The summed E-state index contributed by atoms with van der Waals surface area (Å²) in [7, 11) is 2.84. The zero-order chi connectivity index (χ0) is 16.1. The molecule has 1 aromatic carbocycles. The van der Waals surface area contributed by atoms with Crippen molar-refractivity contribution in [2.45, 2.75) is 30.6 Å².